The number of unbranched alkanes of at least 4 members (excludes halogenated alkanes) is 3. The molecule has 0 aromatic rings. The van der Waals surface area contributed by atoms with Crippen molar-refractivity contribution in [3.8, 4) is 0 Å². The van der Waals surface area contributed by atoms with Gasteiger partial charge in [-0.2, -0.15) is 0 Å². The Bertz CT molecular complexity index is 111. The predicted molar refractivity (Wildman–Crippen MR) is 55.7 cm³/mol. The molecule has 2 N–H and O–H groups in total. The molecule has 0 aromatic carbocycles. The molecule has 0 amide bonds. The molecule has 0 spiro atoms. The van der Waals surface area contributed by atoms with E-state index >= 15 is 0 Å². The van der Waals surface area contributed by atoms with Crippen LogP contribution in [0.5, 0.6) is 0 Å². The van der Waals surface area contributed by atoms with Crippen LogP contribution < -0.4 is 5.73 Å². The molecule has 2 nitrogen and oxygen atoms in total. The Labute approximate surface area is 81.8 Å². The first kappa shape index (κ1) is 11.0. The minimum atomic E-state index is 0.592. The maximum atomic E-state index is 5.75. The average Bonchev–Trinajstić information content (AvgIpc) is 2.63. The molecule has 0 heterocycles. The fourth-order valence-corrected chi connectivity index (χ4v) is 1.90. The second-order valence-corrected chi connectivity index (χ2v) is 3.98. The fraction of sp³-hybridized carbons (Fsp3) is 1.00. The number of rotatable bonds is 7. The largest absolute Gasteiger partial charge is 0.378 e. The van der Waals surface area contributed by atoms with Crippen molar-refractivity contribution in [2.24, 2.45) is 5.73 Å². The molecular weight excluding hydrogens is 162 g/mol. The minimum absolute atomic E-state index is 0.592. The zero-order chi connectivity index (χ0) is 9.36. The number of hydrogen-bond acceptors (Lipinski definition) is 2. The van der Waals surface area contributed by atoms with Gasteiger partial charge in [0.15, 0.2) is 0 Å². The average molecular weight is 185 g/mol. The summed E-state index contributed by atoms with van der Waals surface area (Å²) >= 11 is 0. The number of nitrogens with two attached hydrogens (primary N) is 1. The second kappa shape index (κ2) is 7.34. The Balaban J connectivity index is 1.78. The summed E-state index contributed by atoms with van der Waals surface area (Å²) in [6, 6.07) is 0. The topological polar surface area (TPSA) is 35.2 Å². The van der Waals surface area contributed by atoms with Crippen LogP contribution in [0, 0.1) is 0 Å². The minimum Gasteiger partial charge on any atom is -0.378 e. The third kappa shape index (κ3) is 5.27. The van der Waals surface area contributed by atoms with Gasteiger partial charge in [0, 0.05) is 6.61 Å². The van der Waals surface area contributed by atoms with Crippen molar-refractivity contribution in [3.05, 3.63) is 0 Å². The van der Waals surface area contributed by atoms with Gasteiger partial charge in [0.05, 0.1) is 6.10 Å². The van der Waals surface area contributed by atoms with Gasteiger partial charge < -0.3 is 10.5 Å². The Morgan fingerprint density at radius 3 is 2.38 bits per heavy atom. The van der Waals surface area contributed by atoms with Crippen LogP contribution in [0.15, 0.2) is 0 Å². The highest BCUT2D eigenvalue weighted by Crippen LogP contribution is 2.21. The lowest BCUT2D eigenvalue weighted by Gasteiger charge is -2.10. The molecule has 0 aromatic heterocycles. The van der Waals surface area contributed by atoms with Crippen molar-refractivity contribution < 1.29 is 4.74 Å². The molecule has 1 fully saturated rings. The lowest BCUT2D eigenvalue weighted by molar-refractivity contribution is 0.0557. The Kier molecular flexibility index (Phi) is 6.21. The van der Waals surface area contributed by atoms with Crippen molar-refractivity contribution in [1.82, 2.24) is 0 Å². The summed E-state index contributed by atoms with van der Waals surface area (Å²) in [7, 11) is 0. The van der Waals surface area contributed by atoms with Crippen molar-refractivity contribution in [2.75, 3.05) is 13.2 Å². The van der Waals surface area contributed by atoms with E-state index in [1.807, 2.05) is 0 Å². The summed E-state index contributed by atoms with van der Waals surface area (Å²) in [5.74, 6) is 0. The first-order chi connectivity index (χ1) is 6.43. The van der Waals surface area contributed by atoms with Gasteiger partial charge in [-0.05, 0) is 32.2 Å². The molecule has 0 saturated heterocycles. The lowest BCUT2D eigenvalue weighted by Crippen LogP contribution is -2.08. The van der Waals surface area contributed by atoms with Gasteiger partial charge in [0.25, 0.3) is 0 Å². The molecule has 0 aliphatic heterocycles. The molecule has 1 aliphatic rings. The van der Waals surface area contributed by atoms with Crippen LogP contribution >= 0.6 is 0 Å². The molecule has 0 radical (unpaired) electrons. The molecule has 13 heavy (non-hydrogen) atoms. The fourth-order valence-electron chi connectivity index (χ4n) is 1.90. The van der Waals surface area contributed by atoms with E-state index in [0.29, 0.717) is 6.10 Å². The highest BCUT2D eigenvalue weighted by molar-refractivity contribution is 4.66. The third-order valence-electron chi connectivity index (χ3n) is 2.75. The van der Waals surface area contributed by atoms with E-state index in [2.05, 4.69) is 0 Å². The summed E-state index contributed by atoms with van der Waals surface area (Å²) in [6.45, 7) is 1.80. The molecule has 78 valence electrons. The van der Waals surface area contributed by atoms with E-state index in [0.717, 1.165) is 13.2 Å². The van der Waals surface area contributed by atoms with Crippen LogP contribution in [-0.2, 0) is 4.74 Å². The van der Waals surface area contributed by atoms with Gasteiger partial charge in [-0.25, -0.2) is 0 Å². The zero-order valence-corrected chi connectivity index (χ0v) is 8.63. The summed E-state index contributed by atoms with van der Waals surface area (Å²) < 4.78 is 5.75. The molecular formula is C11H23NO. The molecule has 1 saturated carbocycles. The monoisotopic (exact) mass is 185 g/mol. The Morgan fingerprint density at radius 2 is 1.69 bits per heavy atom. The first-order valence-corrected chi connectivity index (χ1v) is 5.75. The number of hydrogen-bond donors (Lipinski definition) is 1. The van der Waals surface area contributed by atoms with E-state index in [9.17, 15) is 0 Å². The van der Waals surface area contributed by atoms with Gasteiger partial charge >= 0.3 is 0 Å². The van der Waals surface area contributed by atoms with E-state index < -0.39 is 0 Å². The van der Waals surface area contributed by atoms with Crippen molar-refractivity contribution >= 4 is 0 Å². The smallest absolute Gasteiger partial charge is 0.0575 e. The van der Waals surface area contributed by atoms with Gasteiger partial charge in [-0.1, -0.05) is 25.7 Å². The summed E-state index contributed by atoms with van der Waals surface area (Å²) in [5.41, 5.74) is 5.41. The summed E-state index contributed by atoms with van der Waals surface area (Å²) in [6.07, 6.45) is 10.9. The normalized spacial score (nSPS) is 18.2. The predicted octanol–water partition coefficient (Wildman–Crippen LogP) is 2.46. The first-order valence-electron chi connectivity index (χ1n) is 5.75. The van der Waals surface area contributed by atoms with Crippen LogP contribution in [0.3, 0.4) is 0 Å². The molecule has 0 atom stereocenters. The van der Waals surface area contributed by atoms with Crippen LogP contribution in [0.25, 0.3) is 0 Å². The second-order valence-electron chi connectivity index (χ2n) is 3.98. The standard InChI is InChI=1S/C11H23NO/c12-9-5-1-2-6-10-13-11-7-3-4-8-11/h11H,1-10,12H2. The molecule has 0 unspecified atom stereocenters. The molecule has 1 aliphatic carbocycles. The van der Waals surface area contributed by atoms with Crippen LogP contribution in [0.1, 0.15) is 51.4 Å². The van der Waals surface area contributed by atoms with E-state index in [-0.39, 0.29) is 0 Å². The highest BCUT2D eigenvalue weighted by atomic mass is 16.5. The van der Waals surface area contributed by atoms with Crippen molar-refractivity contribution in [1.29, 1.82) is 0 Å². The van der Waals surface area contributed by atoms with Crippen LogP contribution in [-0.4, -0.2) is 19.3 Å². The van der Waals surface area contributed by atoms with E-state index in [1.54, 1.807) is 0 Å². The quantitative estimate of drug-likeness (QED) is 0.618. The maximum Gasteiger partial charge on any atom is 0.0575 e. The molecule has 1 rings (SSSR count). The Hall–Kier alpha value is -0.0800. The van der Waals surface area contributed by atoms with Crippen molar-refractivity contribution in [2.45, 2.75) is 57.5 Å². The highest BCUT2D eigenvalue weighted by Gasteiger charge is 2.14. The third-order valence-corrected chi connectivity index (χ3v) is 2.75. The molecule has 0 bridgehead atoms. The van der Waals surface area contributed by atoms with Gasteiger partial charge in [-0.3, -0.25) is 0 Å². The van der Waals surface area contributed by atoms with Gasteiger partial charge in [0.2, 0.25) is 0 Å². The van der Waals surface area contributed by atoms with Gasteiger partial charge in [0.1, 0.15) is 0 Å². The lowest BCUT2D eigenvalue weighted by atomic mass is 10.2. The maximum absolute atomic E-state index is 5.75. The Morgan fingerprint density at radius 1 is 1.00 bits per heavy atom. The van der Waals surface area contributed by atoms with Gasteiger partial charge in [-0.15, -0.1) is 0 Å². The summed E-state index contributed by atoms with van der Waals surface area (Å²) in [4.78, 5) is 0. The van der Waals surface area contributed by atoms with Crippen molar-refractivity contribution in [3.63, 3.8) is 0 Å². The van der Waals surface area contributed by atoms with E-state index in [1.165, 1.54) is 51.4 Å². The van der Waals surface area contributed by atoms with Crippen LogP contribution in [0.2, 0.25) is 0 Å². The molecule has 2 heteroatoms. The SMILES string of the molecule is NCCCCCCOC1CCCC1. The van der Waals surface area contributed by atoms with Crippen LogP contribution in [0.4, 0.5) is 0 Å². The summed E-state index contributed by atoms with van der Waals surface area (Å²) in [5, 5.41) is 0. The van der Waals surface area contributed by atoms with E-state index in [4.69, 9.17) is 10.5 Å². The zero-order valence-electron chi connectivity index (χ0n) is 8.63. The number of ether oxygens (including phenoxy) is 1.